The highest BCUT2D eigenvalue weighted by Crippen LogP contribution is 2.28. The van der Waals surface area contributed by atoms with Gasteiger partial charge < -0.3 is 10.2 Å². The van der Waals surface area contributed by atoms with Crippen LogP contribution in [0.2, 0.25) is 0 Å². The maximum atomic E-state index is 12.6. The predicted octanol–water partition coefficient (Wildman–Crippen LogP) is 3.09. The number of carbonyl (C=O) groups excluding carboxylic acids is 1. The SMILES string of the molecule is CCCNc1cc(C(=O)N(CC)C2CC2)cc(CC)n1. The van der Waals surface area contributed by atoms with Gasteiger partial charge in [-0.1, -0.05) is 13.8 Å². The molecule has 1 aliphatic rings. The Morgan fingerprint density at radius 2 is 2.10 bits per heavy atom. The van der Waals surface area contributed by atoms with Crippen LogP contribution in [-0.2, 0) is 6.42 Å². The first kappa shape index (κ1) is 14.8. The summed E-state index contributed by atoms with van der Waals surface area (Å²) in [6.45, 7) is 7.90. The van der Waals surface area contributed by atoms with Gasteiger partial charge in [0.15, 0.2) is 0 Å². The van der Waals surface area contributed by atoms with E-state index < -0.39 is 0 Å². The Kier molecular flexibility index (Phi) is 4.99. The van der Waals surface area contributed by atoms with Gasteiger partial charge in [-0.15, -0.1) is 0 Å². The van der Waals surface area contributed by atoms with Crippen LogP contribution in [0.15, 0.2) is 12.1 Å². The van der Waals surface area contributed by atoms with Crippen LogP contribution < -0.4 is 5.32 Å². The van der Waals surface area contributed by atoms with Gasteiger partial charge in [0.05, 0.1) is 0 Å². The smallest absolute Gasteiger partial charge is 0.254 e. The van der Waals surface area contributed by atoms with Gasteiger partial charge in [-0.2, -0.15) is 0 Å². The summed E-state index contributed by atoms with van der Waals surface area (Å²) >= 11 is 0. The van der Waals surface area contributed by atoms with Crippen molar-refractivity contribution in [2.45, 2.75) is 52.5 Å². The molecule has 0 spiro atoms. The summed E-state index contributed by atoms with van der Waals surface area (Å²) in [5.41, 5.74) is 1.74. The number of carbonyl (C=O) groups is 1. The number of nitrogens with zero attached hydrogens (tertiary/aromatic N) is 2. The van der Waals surface area contributed by atoms with Crippen LogP contribution in [0.3, 0.4) is 0 Å². The molecule has 1 heterocycles. The zero-order valence-electron chi connectivity index (χ0n) is 12.8. The zero-order chi connectivity index (χ0) is 14.5. The third-order valence-corrected chi connectivity index (χ3v) is 3.63. The fourth-order valence-electron chi connectivity index (χ4n) is 2.36. The van der Waals surface area contributed by atoms with E-state index >= 15 is 0 Å². The number of aromatic nitrogens is 1. The van der Waals surface area contributed by atoms with Gasteiger partial charge in [-0.3, -0.25) is 4.79 Å². The topological polar surface area (TPSA) is 45.2 Å². The number of hydrogen-bond donors (Lipinski definition) is 1. The molecule has 110 valence electrons. The van der Waals surface area contributed by atoms with Crippen molar-refractivity contribution in [1.82, 2.24) is 9.88 Å². The molecule has 1 aliphatic carbocycles. The number of nitrogens with one attached hydrogen (secondary N) is 1. The van der Waals surface area contributed by atoms with Crippen molar-refractivity contribution in [2.24, 2.45) is 0 Å². The molecule has 0 aliphatic heterocycles. The predicted molar refractivity (Wildman–Crippen MR) is 82.1 cm³/mol. The molecule has 1 N–H and O–H groups in total. The van der Waals surface area contributed by atoms with Crippen LogP contribution >= 0.6 is 0 Å². The molecular weight excluding hydrogens is 250 g/mol. The fourth-order valence-corrected chi connectivity index (χ4v) is 2.36. The molecule has 0 saturated heterocycles. The van der Waals surface area contributed by atoms with Crippen molar-refractivity contribution in [2.75, 3.05) is 18.4 Å². The molecule has 1 fully saturated rings. The molecule has 0 radical (unpaired) electrons. The highest BCUT2D eigenvalue weighted by atomic mass is 16.2. The minimum atomic E-state index is 0.145. The molecule has 1 amide bonds. The van der Waals surface area contributed by atoms with Crippen molar-refractivity contribution in [3.05, 3.63) is 23.4 Å². The zero-order valence-corrected chi connectivity index (χ0v) is 12.8. The lowest BCUT2D eigenvalue weighted by Crippen LogP contribution is -2.33. The van der Waals surface area contributed by atoms with E-state index in [1.807, 2.05) is 24.0 Å². The number of aryl methyl sites for hydroxylation is 1. The molecule has 4 nitrogen and oxygen atoms in total. The second-order valence-electron chi connectivity index (χ2n) is 5.34. The van der Waals surface area contributed by atoms with Gasteiger partial charge in [0, 0.05) is 30.4 Å². The van der Waals surface area contributed by atoms with E-state index in [4.69, 9.17) is 0 Å². The summed E-state index contributed by atoms with van der Waals surface area (Å²) < 4.78 is 0. The van der Waals surface area contributed by atoms with Crippen LogP contribution in [0.1, 0.15) is 56.1 Å². The lowest BCUT2D eigenvalue weighted by molar-refractivity contribution is 0.0752. The molecule has 1 saturated carbocycles. The Bertz CT molecular complexity index is 469. The van der Waals surface area contributed by atoms with Gasteiger partial charge in [0.1, 0.15) is 5.82 Å². The van der Waals surface area contributed by atoms with E-state index in [9.17, 15) is 4.79 Å². The average molecular weight is 275 g/mol. The number of hydrogen-bond acceptors (Lipinski definition) is 3. The Balaban J connectivity index is 2.22. The first-order valence-corrected chi connectivity index (χ1v) is 7.75. The number of anilines is 1. The first-order valence-electron chi connectivity index (χ1n) is 7.75. The maximum absolute atomic E-state index is 12.6. The van der Waals surface area contributed by atoms with Crippen LogP contribution in [0.25, 0.3) is 0 Å². The Hall–Kier alpha value is -1.58. The number of amides is 1. The Morgan fingerprint density at radius 1 is 1.35 bits per heavy atom. The van der Waals surface area contributed by atoms with Gasteiger partial charge in [0.2, 0.25) is 0 Å². The lowest BCUT2D eigenvalue weighted by Gasteiger charge is -2.21. The normalized spacial score (nSPS) is 14.2. The van der Waals surface area contributed by atoms with E-state index in [1.165, 1.54) is 0 Å². The summed E-state index contributed by atoms with van der Waals surface area (Å²) in [7, 11) is 0. The van der Waals surface area contributed by atoms with Crippen molar-refractivity contribution >= 4 is 11.7 Å². The highest BCUT2D eigenvalue weighted by Gasteiger charge is 2.32. The molecule has 0 aromatic carbocycles. The first-order chi connectivity index (χ1) is 9.69. The Morgan fingerprint density at radius 3 is 2.65 bits per heavy atom. The second kappa shape index (κ2) is 6.73. The average Bonchev–Trinajstić information content (AvgIpc) is 3.30. The van der Waals surface area contributed by atoms with Crippen molar-refractivity contribution < 1.29 is 4.79 Å². The van der Waals surface area contributed by atoms with Gasteiger partial charge in [0.25, 0.3) is 5.91 Å². The standard InChI is InChI=1S/C16H25N3O/c1-4-9-17-15-11-12(10-13(5-2)18-15)16(20)19(6-3)14-7-8-14/h10-11,14H,4-9H2,1-3H3,(H,17,18). The van der Waals surface area contributed by atoms with Crippen LogP contribution in [-0.4, -0.2) is 34.9 Å². The number of pyridine rings is 1. The third kappa shape index (κ3) is 3.50. The third-order valence-electron chi connectivity index (χ3n) is 3.63. The van der Waals surface area contributed by atoms with E-state index in [-0.39, 0.29) is 5.91 Å². The summed E-state index contributed by atoms with van der Waals surface area (Å²) in [6, 6.07) is 4.28. The molecule has 0 atom stereocenters. The maximum Gasteiger partial charge on any atom is 0.254 e. The van der Waals surface area contributed by atoms with E-state index in [0.717, 1.165) is 55.8 Å². The van der Waals surface area contributed by atoms with E-state index in [0.29, 0.717) is 6.04 Å². The molecule has 4 heteroatoms. The van der Waals surface area contributed by atoms with E-state index in [2.05, 4.69) is 24.1 Å². The second-order valence-corrected chi connectivity index (χ2v) is 5.34. The molecule has 1 aromatic heterocycles. The monoisotopic (exact) mass is 275 g/mol. The van der Waals surface area contributed by atoms with Crippen LogP contribution in [0.5, 0.6) is 0 Å². The van der Waals surface area contributed by atoms with Gasteiger partial charge in [-0.25, -0.2) is 4.98 Å². The van der Waals surface area contributed by atoms with Crippen molar-refractivity contribution in [3.8, 4) is 0 Å². The van der Waals surface area contributed by atoms with Crippen molar-refractivity contribution in [1.29, 1.82) is 0 Å². The van der Waals surface area contributed by atoms with Crippen LogP contribution in [0, 0.1) is 0 Å². The van der Waals surface area contributed by atoms with Crippen molar-refractivity contribution in [3.63, 3.8) is 0 Å². The molecule has 2 rings (SSSR count). The summed E-state index contributed by atoms with van der Waals surface area (Å²) in [5.74, 6) is 0.966. The summed E-state index contributed by atoms with van der Waals surface area (Å²) in [5, 5.41) is 3.28. The molecule has 0 bridgehead atoms. The lowest BCUT2D eigenvalue weighted by atomic mass is 10.1. The minimum Gasteiger partial charge on any atom is -0.370 e. The minimum absolute atomic E-state index is 0.145. The molecule has 0 unspecified atom stereocenters. The van der Waals surface area contributed by atoms with Gasteiger partial charge >= 0.3 is 0 Å². The molecule has 1 aromatic rings. The quantitative estimate of drug-likeness (QED) is 0.831. The van der Waals surface area contributed by atoms with Gasteiger partial charge in [-0.05, 0) is 44.7 Å². The summed E-state index contributed by atoms with van der Waals surface area (Å²) in [6.07, 6.45) is 4.18. The molecular formula is C16H25N3O. The molecule has 20 heavy (non-hydrogen) atoms. The van der Waals surface area contributed by atoms with Crippen LogP contribution in [0.4, 0.5) is 5.82 Å². The summed E-state index contributed by atoms with van der Waals surface area (Å²) in [4.78, 5) is 19.1. The number of rotatable bonds is 7. The Labute approximate surface area is 121 Å². The fraction of sp³-hybridized carbons (Fsp3) is 0.625. The largest absolute Gasteiger partial charge is 0.370 e. The van der Waals surface area contributed by atoms with E-state index in [1.54, 1.807) is 0 Å². The highest BCUT2D eigenvalue weighted by molar-refractivity contribution is 5.95.